The molecule has 0 unspecified atom stereocenters. The van der Waals surface area contributed by atoms with E-state index >= 15 is 0 Å². The highest BCUT2D eigenvalue weighted by Gasteiger charge is 2.20. The van der Waals surface area contributed by atoms with Gasteiger partial charge in [0.05, 0.1) is 17.5 Å². The molecule has 0 bridgehead atoms. The van der Waals surface area contributed by atoms with Gasteiger partial charge in [0.2, 0.25) is 5.71 Å². The number of rotatable bonds is 5. The van der Waals surface area contributed by atoms with Gasteiger partial charge in [-0.15, -0.1) is 0 Å². The average molecular weight is 292 g/mol. The predicted octanol–water partition coefficient (Wildman–Crippen LogP) is 2.01. The number of anilines is 1. The zero-order valence-corrected chi connectivity index (χ0v) is 13.4. The van der Waals surface area contributed by atoms with Crippen LogP contribution < -0.4 is 5.73 Å². The van der Waals surface area contributed by atoms with E-state index in [1.807, 2.05) is 20.8 Å². The molecule has 3 N–H and O–H groups in total. The standard InChI is InChI=1S/C15H24N4O2/c1-6-19(8-15(4,5)20)7-11-17-13(16)12-9(2)10(3)21-14(12)18-11/h20H,6-8H2,1-5H3,(H2,16,17,18). The van der Waals surface area contributed by atoms with E-state index in [1.54, 1.807) is 13.8 Å². The van der Waals surface area contributed by atoms with E-state index in [0.29, 0.717) is 30.4 Å². The molecule has 0 radical (unpaired) electrons. The summed E-state index contributed by atoms with van der Waals surface area (Å²) in [7, 11) is 0. The number of nitrogens with zero attached hydrogens (tertiary/aromatic N) is 3. The number of hydrogen-bond donors (Lipinski definition) is 2. The van der Waals surface area contributed by atoms with Gasteiger partial charge in [-0.2, -0.15) is 4.98 Å². The second kappa shape index (κ2) is 5.61. The van der Waals surface area contributed by atoms with Crippen molar-refractivity contribution in [1.82, 2.24) is 14.9 Å². The Balaban J connectivity index is 2.30. The third kappa shape index (κ3) is 3.51. The average Bonchev–Trinajstić information content (AvgIpc) is 2.62. The summed E-state index contributed by atoms with van der Waals surface area (Å²) in [6, 6.07) is 0. The van der Waals surface area contributed by atoms with E-state index in [0.717, 1.165) is 23.3 Å². The van der Waals surface area contributed by atoms with Crippen molar-refractivity contribution >= 4 is 16.9 Å². The lowest BCUT2D eigenvalue weighted by atomic mass is 10.1. The zero-order chi connectivity index (χ0) is 15.8. The van der Waals surface area contributed by atoms with E-state index in [1.165, 1.54) is 0 Å². The Morgan fingerprint density at radius 3 is 2.52 bits per heavy atom. The van der Waals surface area contributed by atoms with Crippen LogP contribution in [0.4, 0.5) is 5.82 Å². The summed E-state index contributed by atoms with van der Waals surface area (Å²) in [6.45, 7) is 11.3. The molecule has 0 aliphatic carbocycles. The first-order valence-corrected chi connectivity index (χ1v) is 7.18. The maximum absolute atomic E-state index is 9.94. The minimum absolute atomic E-state index is 0.448. The molecule has 0 aromatic carbocycles. The van der Waals surface area contributed by atoms with E-state index in [9.17, 15) is 5.11 Å². The van der Waals surface area contributed by atoms with Crippen LogP contribution in [0, 0.1) is 13.8 Å². The second-order valence-corrected chi connectivity index (χ2v) is 6.10. The molecule has 6 nitrogen and oxygen atoms in total. The molecule has 2 aromatic heterocycles. The fourth-order valence-corrected chi connectivity index (χ4v) is 2.42. The number of nitrogens with two attached hydrogens (primary N) is 1. The molecule has 116 valence electrons. The molecule has 2 rings (SSSR count). The first kappa shape index (κ1) is 15.7. The van der Waals surface area contributed by atoms with Gasteiger partial charge in [-0.05, 0) is 34.2 Å². The maximum Gasteiger partial charge on any atom is 0.231 e. The van der Waals surface area contributed by atoms with Crippen molar-refractivity contribution in [3.8, 4) is 0 Å². The van der Waals surface area contributed by atoms with Gasteiger partial charge >= 0.3 is 0 Å². The summed E-state index contributed by atoms with van der Waals surface area (Å²) in [5, 5.41) is 10.7. The van der Waals surface area contributed by atoms with E-state index in [2.05, 4.69) is 14.9 Å². The second-order valence-electron chi connectivity index (χ2n) is 6.10. The van der Waals surface area contributed by atoms with Gasteiger partial charge in [-0.3, -0.25) is 4.90 Å². The molecule has 0 aliphatic rings. The van der Waals surface area contributed by atoms with Crippen LogP contribution in [-0.4, -0.2) is 38.7 Å². The number of aromatic nitrogens is 2. The van der Waals surface area contributed by atoms with Crippen LogP contribution >= 0.6 is 0 Å². The van der Waals surface area contributed by atoms with Gasteiger partial charge in [0.25, 0.3) is 0 Å². The summed E-state index contributed by atoms with van der Waals surface area (Å²) >= 11 is 0. The van der Waals surface area contributed by atoms with Crippen molar-refractivity contribution in [2.75, 3.05) is 18.8 Å². The van der Waals surface area contributed by atoms with Crippen LogP contribution in [-0.2, 0) is 6.54 Å². The van der Waals surface area contributed by atoms with Crippen LogP contribution in [0.3, 0.4) is 0 Å². The minimum atomic E-state index is -0.760. The first-order valence-electron chi connectivity index (χ1n) is 7.18. The molecule has 2 aromatic rings. The van der Waals surface area contributed by atoms with Crippen molar-refractivity contribution < 1.29 is 9.52 Å². The molecule has 0 aliphatic heterocycles. The normalized spacial score (nSPS) is 12.5. The molecule has 0 amide bonds. The summed E-state index contributed by atoms with van der Waals surface area (Å²) in [5.41, 5.74) is 6.79. The first-order chi connectivity index (χ1) is 9.71. The number of aliphatic hydroxyl groups is 1. The highest BCUT2D eigenvalue weighted by molar-refractivity contribution is 5.88. The minimum Gasteiger partial charge on any atom is -0.443 e. The van der Waals surface area contributed by atoms with Crippen molar-refractivity contribution in [1.29, 1.82) is 0 Å². The van der Waals surface area contributed by atoms with Crippen molar-refractivity contribution in [3.05, 3.63) is 17.1 Å². The Kier molecular flexibility index (Phi) is 4.20. The maximum atomic E-state index is 9.94. The van der Waals surface area contributed by atoms with E-state index < -0.39 is 5.60 Å². The van der Waals surface area contributed by atoms with Crippen LogP contribution in [0.1, 0.15) is 37.9 Å². The van der Waals surface area contributed by atoms with Crippen molar-refractivity contribution in [2.24, 2.45) is 0 Å². The Bertz CT molecular complexity index is 643. The smallest absolute Gasteiger partial charge is 0.231 e. The van der Waals surface area contributed by atoms with E-state index in [-0.39, 0.29) is 0 Å². The third-order valence-corrected chi connectivity index (χ3v) is 3.53. The van der Waals surface area contributed by atoms with Crippen molar-refractivity contribution in [2.45, 2.75) is 46.8 Å². The molecule has 0 atom stereocenters. The summed E-state index contributed by atoms with van der Waals surface area (Å²) in [4.78, 5) is 10.9. The summed E-state index contributed by atoms with van der Waals surface area (Å²) < 4.78 is 5.64. The van der Waals surface area contributed by atoms with E-state index in [4.69, 9.17) is 10.2 Å². The summed E-state index contributed by atoms with van der Waals surface area (Å²) in [6.07, 6.45) is 0. The number of nitrogen functional groups attached to an aromatic ring is 1. The quantitative estimate of drug-likeness (QED) is 0.876. The molecule has 0 saturated carbocycles. The van der Waals surface area contributed by atoms with Gasteiger partial charge in [0.15, 0.2) is 0 Å². The Hall–Kier alpha value is -1.66. The van der Waals surface area contributed by atoms with Gasteiger partial charge < -0.3 is 15.3 Å². The third-order valence-electron chi connectivity index (χ3n) is 3.53. The topological polar surface area (TPSA) is 88.4 Å². The number of hydrogen-bond acceptors (Lipinski definition) is 6. The molecular weight excluding hydrogens is 268 g/mol. The highest BCUT2D eigenvalue weighted by atomic mass is 16.3. The fourth-order valence-electron chi connectivity index (χ4n) is 2.42. The van der Waals surface area contributed by atoms with Gasteiger partial charge in [-0.25, -0.2) is 4.98 Å². The number of furan rings is 1. The van der Waals surface area contributed by atoms with Crippen LogP contribution in [0.15, 0.2) is 4.42 Å². The highest BCUT2D eigenvalue weighted by Crippen LogP contribution is 2.27. The monoisotopic (exact) mass is 292 g/mol. The molecular formula is C15H24N4O2. The van der Waals surface area contributed by atoms with Gasteiger partial charge in [-0.1, -0.05) is 6.92 Å². The number of aryl methyl sites for hydroxylation is 2. The van der Waals surface area contributed by atoms with Gasteiger partial charge in [0.1, 0.15) is 17.4 Å². The molecule has 2 heterocycles. The van der Waals surface area contributed by atoms with Crippen LogP contribution in [0.25, 0.3) is 11.1 Å². The molecule has 6 heteroatoms. The SMILES string of the molecule is CCN(Cc1nc(N)c2c(C)c(C)oc2n1)CC(C)(C)O. The Labute approximate surface area is 125 Å². The van der Waals surface area contributed by atoms with Gasteiger partial charge in [0, 0.05) is 12.1 Å². The largest absolute Gasteiger partial charge is 0.443 e. The molecule has 0 spiro atoms. The number of fused-ring (bicyclic) bond motifs is 1. The number of likely N-dealkylation sites (N-methyl/N-ethyl adjacent to an activating group) is 1. The summed E-state index contributed by atoms with van der Waals surface area (Å²) in [5.74, 6) is 1.87. The van der Waals surface area contributed by atoms with Crippen molar-refractivity contribution in [3.63, 3.8) is 0 Å². The molecule has 0 fully saturated rings. The Morgan fingerprint density at radius 1 is 1.29 bits per heavy atom. The Morgan fingerprint density at radius 2 is 1.95 bits per heavy atom. The van der Waals surface area contributed by atoms with Crippen LogP contribution in [0.2, 0.25) is 0 Å². The van der Waals surface area contributed by atoms with Crippen LogP contribution in [0.5, 0.6) is 0 Å². The lowest BCUT2D eigenvalue weighted by Gasteiger charge is -2.27. The lowest BCUT2D eigenvalue weighted by Crippen LogP contribution is -2.38. The zero-order valence-electron chi connectivity index (χ0n) is 13.4. The fraction of sp³-hybridized carbons (Fsp3) is 0.600. The molecule has 0 saturated heterocycles. The predicted molar refractivity (Wildman–Crippen MR) is 82.9 cm³/mol. The lowest BCUT2D eigenvalue weighted by molar-refractivity contribution is 0.0346. The molecule has 21 heavy (non-hydrogen) atoms.